The van der Waals surface area contributed by atoms with Gasteiger partial charge in [-0.2, -0.15) is 0 Å². The van der Waals surface area contributed by atoms with E-state index in [1.807, 2.05) is 17.0 Å². The molecule has 3 aromatic rings. The quantitative estimate of drug-likeness (QED) is 0.459. The maximum Gasteiger partial charge on any atom is 0.262 e. The lowest BCUT2D eigenvalue weighted by atomic mass is 10.1. The zero-order valence-electron chi connectivity index (χ0n) is 18.5. The fourth-order valence-corrected chi connectivity index (χ4v) is 4.49. The summed E-state index contributed by atoms with van der Waals surface area (Å²) in [5.74, 6) is -0.0278. The molecule has 0 unspecified atom stereocenters. The number of ether oxygens (including phenoxy) is 1. The average Bonchev–Trinajstić information content (AvgIpc) is 2.81. The van der Waals surface area contributed by atoms with E-state index in [-0.39, 0.29) is 11.5 Å². The Bertz CT molecular complexity index is 1240. The van der Waals surface area contributed by atoms with Crippen LogP contribution in [-0.2, 0) is 11.3 Å². The van der Waals surface area contributed by atoms with Crippen LogP contribution >= 0.6 is 12.2 Å². The molecule has 32 heavy (non-hydrogen) atoms. The minimum Gasteiger partial charge on any atom is -0.385 e. The van der Waals surface area contributed by atoms with Crippen molar-refractivity contribution < 1.29 is 9.53 Å². The number of nitrogens with zero attached hydrogens (tertiary/aromatic N) is 3. The number of H-pyrrole nitrogens is 1. The molecule has 1 aliphatic heterocycles. The number of piperazine rings is 1. The Morgan fingerprint density at radius 2 is 1.88 bits per heavy atom. The van der Waals surface area contributed by atoms with Crippen molar-refractivity contribution in [2.45, 2.75) is 19.9 Å². The summed E-state index contributed by atoms with van der Waals surface area (Å²) in [6.07, 6.45) is 0.699. The van der Waals surface area contributed by atoms with E-state index in [0.29, 0.717) is 53.9 Å². The largest absolute Gasteiger partial charge is 0.385 e. The zero-order valence-corrected chi connectivity index (χ0v) is 19.3. The lowest BCUT2D eigenvalue weighted by Crippen LogP contribution is -2.49. The first-order chi connectivity index (χ1) is 15.5. The number of methoxy groups -OCH3 is 1. The van der Waals surface area contributed by atoms with Crippen LogP contribution in [0.25, 0.3) is 10.9 Å². The van der Waals surface area contributed by atoms with E-state index >= 15 is 0 Å². The van der Waals surface area contributed by atoms with Crippen molar-refractivity contribution in [3.8, 4) is 0 Å². The topological polar surface area (TPSA) is 70.6 Å². The van der Waals surface area contributed by atoms with Gasteiger partial charge in [0, 0.05) is 57.7 Å². The Kier molecular flexibility index (Phi) is 6.72. The van der Waals surface area contributed by atoms with Crippen molar-refractivity contribution >= 4 is 34.7 Å². The molecular weight excluding hydrogens is 424 g/mol. The van der Waals surface area contributed by atoms with Gasteiger partial charge in [-0.15, -0.1) is 0 Å². The van der Waals surface area contributed by atoms with Gasteiger partial charge in [-0.25, -0.2) is 0 Å². The number of aromatic amines is 1. The molecule has 0 bridgehead atoms. The smallest absolute Gasteiger partial charge is 0.262 e. The Balaban J connectivity index is 1.51. The van der Waals surface area contributed by atoms with E-state index in [4.69, 9.17) is 17.0 Å². The molecule has 168 valence electrons. The summed E-state index contributed by atoms with van der Waals surface area (Å²) in [5.41, 5.74) is 3.46. The second-order valence-electron chi connectivity index (χ2n) is 8.06. The van der Waals surface area contributed by atoms with E-state index in [9.17, 15) is 9.59 Å². The number of nitrogens with one attached hydrogen (secondary N) is 1. The molecule has 0 spiro atoms. The molecule has 2 heterocycles. The van der Waals surface area contributed by atoms with E-state index < -0.39 is 0 Å². The van der Waals surface area contributed by atoms with Crippen molar-refractivity contribution in [1.82, 2.24) is 14.5 Å². The first-order valence-corrected chi connectivity index (χ1v) is 11.3. The van der Waals surface area contributed by atoms with Crippen molar-refractivity contribution in [2.24, 2.45) is 0 Å². The standard InChI is InChI=1S/C24H28N4O3S/c1-17-6-3-4-7-21(17)26-11-13-27(14-12-26)22(29)18-8-9-19-20(16-18)25-24(32)28(23(19)30)10-5-15-31-2/h3-4,6-9,16H,5,10-15H2,1-2H3,(H,25,32). The number of rotatable bonds is 6. The highest BCUT2D eigenvalue weighted by molar-refractivity contribution is 7.71. The van der Waals surface area contributed by atoms with Crippen LogP contribution in [0.4, 0.5) is 5.69 Å². The molecule has 2 aromatic carbocycles. The van der Waals surface area contributed by atoms with Gasteiger partial charge in [0.2, 0.25) is 0 Å². The van der Waals surface area contributed by atoms with Crippen LogP contribution in [0.5, 0.6) is 0 Å². The molecule has 0 radical (unpaired) electrons. The van der Waals surface area contributed by atoms with Crippen molar-refractivity contribution in [3.05, 3.63) is 68.7 Å². The Morgan fingerprint density at radius 3 is 2.59 bits per heavy atom. The highest BCUT2D eigenvalue weighted by Crippen LogP contribution is 2.22. The van der Waals surface area contributed by atoms with Crippen molar-refractivity contribution in [1.29, 1.82) is 0 Å². The molecule has 4 rings (SSSR count). The van der Waals surface area contributed by atoms with E-state index in [1.165, 1.54) is 11.3 Å². The normalized spacial score (nSPS) is 14.2. The summed E-state index contributed by atoms with van der Waals surface area (Å²) in [6, 6.07) is 13.5. The fraction of sp³-hybridized carbons (Fsp3) is 0.375. The molecule has 0 saturated carbocycles. The third-order valence-corrected chi connectivity index (χ3v) is 6.30. The van der Waals surface area contributed by atoms with Crippen LogP contribution < -0.4 is 10.5 Å². The lowest BCUT2D eigenvalue weighted by Gasteiger charge is -2.36. The molecular formula is C24H28N4O3S. The van der Waals surface area contributed by atoms with Gasteiger partial charge in [0.05, 0.1) is 10.9 Å². The van der Waals surface area contributed by atoms with E-state index in [0.717, 1.165) is 13.1 Å². The van der Waals surface area contributed by atoms with Gasteiger partial charge in [0.25, 0.3) is 11.5 Å². The first kappa shape index (κ1) is 22.2. The van der Waals surface area contributed by atoms with Crippen LogP contribution in [0, 0.1) is 11.7 Å². The number of hydrogen-bond acceptors (Lipinski definition) is 5. The average molecular weight is 453 g/mol. The molecule has 1 amide bonds. The predicted molar refractivity (Wildman–Crippen MR) is 129 cm³/mol. The minimum absolute atomic E-state index is 0.0278. The fourth-order valence-electron chi connectivity index (χ4n) is 4.21. The molecule has 1 saturated heterocycles. The molecule has 1 aromatic heterocycles. The van der Waals surface area contributed by atoms with Crippen LogP contribution in [0.3, 0.4) is 0 Å². The summed E-state index contributed by atoms with van der Waals surface area (Å²) in [6.45, 7) is 6.05. The van der Waals surface area contributed by atoms with E-state index in [2.05, 4.69) is 28.9 Å². The number of hydrogen-bond donors (Lipinski definition) is 1. The predicted octanol–water partition coefficient (Wildman–Crippen LogP) is 3.37. The third-order valence-electron chi connectivity index (χ3n) is 5.98. The van der Waals surface area contributed by atoms with Crippen molar-refractivity contribution in [3.63, 3.8) is 0 Å². The molecule has 1 N–H and O–H groups in total. The minimum atomic E-state index is -0.148. The maximum atomic E-state index is 13.1. The summed E-state index contributed by atoms with van der Waals surface area (Å²) < 4.78 is 6.96. The number of para-hydroxylation sites is 1. The van der Waals surface area contributed by atoms with Crippen LogP contribution in [0.2, 0.25) is 0 Å². The highest BCUT2D eigenvalue weighted by Gasteiger charge is 2.23. The van der Waals surface area contributed by atoms with Gasteiger partial charge in [-0.3, -0.25) is 14.2 Å². The van der Waals surface area contributed by atoms with Crippen LogP contribution in [-0.4, -0.2) is 60.3 Å². The van der Waals surface area contributed by atoms with Gasteiger partial charge in [-0.05, 0) is 55.4 Å². The van der Waals surface area contributed by atoms with Crippen molar-refractivity contribution in [2.75, 3.05) is 44.8 Å². The lowest BCUT2D eigenvalue weighted by molar-refractivity contribution is 0.0747. The number of carbonyl (C=O) groups is 1. The Morgan fingerprint density at radius 1 is 1.12 bits per heavy atom. The second-order valence-corrected chi connectivity index (χ2v) is 8.45. The second kappa shape index (κ2) is 9.67. The monoisotopic (exact) mass is 452 g/mol. The van der Waals surface area contributed by atoms with Gasteiger partial charge >= 0.3 is 0 Å². The Hall–Kier alpha value is -2.97. The number of carbonyl (C=O) groups excluding carboxylic acids is 1. The Labute approximate surface area is 192 Å². The van der Waals surface area contributed by atoms with Gasteiger partial charge < -0.3 is 19.5 Å². The maximum absolute atomic E-state index is 13.1. The first-order valence-electron chi connectivity index (χ1n) is 10.9. The molecule has 1 fully saturated rings. The molecule has 1 aliphatic rings. The van der Waals surface area contributed by atoms with Gasteiger partial charge in [0.1, 0.15) is 0 Å². The molecule has 0 aliphatic carbocycles. The van der Waals surface area contributed by atoms with Gasteiger partial charge in [0.15, 0.2) is 4.77 Å². The number of aromatic nitrogens is 2. The summed E-state index contributed by atoms with van der Waals surface area (Å²) in [7, 11) is 1.63. The van der Waals surface area contributed by atoms with Crippen LogP contribution in [0.15, 0.2) is 47.3 Å². The van der Waals surface area contributed by atoms with Gasteiger partial charge in [-0.1, -0.05) is 18.2 Å². The third kappa shape index (κ3) is 4.47. The van der Waals surface area contributed by atoms with Crippen LogP contribution in [0.1, 0.15) is 22.3 Å². The number of fused-ring (bicyclic) bond motifs is 1. The molecule has 7 nitrogen and oxygen atoms in total. The summed E-state index contributed by atoms with van der Waals surface area (Å²) in [4.78, 5) is 33.3. The number of aryl methyl sites for hydroxylation is 1. The summed E-state index contributed by atoms with van der Waals surface area (Å²) >= 11 is 5.39. The zero-order chi connectivity index (χ0) is 22.7. The number of benzene rings is 2. The van der Waals surface area contributed by atoms with E-state index in [1.54, 1.807) is 29.9 Å². The SMILES string of the molecule is COCCCn1c(=S)[nH]c2cc(C(=O)N3CCN(c4ccccc4C)CC3)ccc2c1=O. The molecule has 0 atom stereocenters. The highest BCUT2D eigenvalue weighted by atomic mass is 32.1. The number of anilines is 1. The number of amides is 1. The molecule has 8 heteroatoms. The summed E-state index contributed by atoms with van der Waals surface area (Å²) in [5, 5.41) is 0.525.